The summed E-state index contributed by atoms with van der Waals surface area (Å²) in [5.74, 6) is 0. The van der Waals surface area contributed by atoms with E-state index in [1.54, 1.807) is 0 Å². The highest BCUT2D eigenvalue weighted by atomic mass is 15.0. The van der Waals surface area contributed by atoms with Gasteiger partial charge in [-0.25, -0.2) is 0 Å². The van der Waals surface area contributed by atoms with Gasteiger partial charge in [0.1, 0.15) is 0 Å². The van der Waals surface area contributed by atoms with E-state index in [0.29, 0.717) is 0 Å². The molecule has 3 N–H and O–H groups in total. The summed E-state index contributed by atoms with van der Waals surface area (Å²) in [5, 5.41) is 3.07. The zero-order valence-corrected chi connectivity index (χ0v) is 11.2. The molecule has 16 heavy (non-hydrogen) atoms. The Morgan fingerprint density at radius 1 is 1.00 bits per heavy atom. The Labute approximate surface area is 102 Å². The number of unbranched alkanes of at least 4 members (excludes halogenated alkanes) is 8. The minimum Gasteiger partial charge on any atom is -0.376 e. The predicted molar refractivity (Wildman–Crippen MR) is 73.2 cm³/mol. The molecule has 0 heterocycles. The maximum atomic E-state index is 5.55. The highest BCUT2D eigenvalue weighted by molar-refractivity contribution is 4.80. The molecule has 0 rings (SSSR count). The van der Waals surface area contributed by atoms with Crippen molar-refractivity contribution >= 4 is 0 Å². The predicted octanol–water partition coefficient (Wildman–Crippen LogP) is 3.93. The van der Waals surface area contributed by atoms with Gasteiger partial charge in [0.05, 0.1) is 6.17 Å². The van der Waals surface area contributed by atoms with Crippen molar-refractivity contribution in [2.45, 2.75) is 77.8 Å². The van der Waals surface area contributed by atoms with Crippen LogP contribution in [-0.4, -0.2) is 6.17 Å². The van der Waals surface area contributed by atoms with Crippen molar-refractivity contribution in [3.8, 4) is 0 Å². The number of hydrogen-bond donors (Lipinski definition) is 2. The van der Waals surface area contributed by atoms with Crippen LogP contribution in [0, 0.1) is 0 Å². The zero-order chi connectivity index (χ0) is 12.1. The smallest absolute Gasteiger partial charge is 0.0709 e. The lowest BCUT2D eigenvalue weighted by Crippen LogP contribution is -2.29. The first kappa shape index (κ1) is 15.5. The highest BCUT2D eigenvalue weighted by Gasteiger charge is 1.90. The Kier molecular flexibility index (Phi) is 12.2. The minimum absolute atomic E-state index is 0.0646. The van der Waals surface area contributed by atoms with Crippen molar-refractivity contribution in [3.05, 3.63) is 12.3 Å². The van der Waals surface area contributed by atoms with Gasteiger partial charge in [0.2, 0.25) is 0 Å². The van der Waals surface area contributed by atoms with Crippen LogP contribution in [0.1, 0.15) is 71.6 Å². The second kappa shape index (κ2) is 12.6. The molecule has 1 unspecified atom stereocenters. The summed E-state index contributed by atoms with van der Waals surface area (Å²) in [6.45, 7) is 4.21. The lowest BCUT2D eigenvalue weighted by Gasteiger charge is -2.03. The molecule has 0 aromatic carbocycles. The van der Waals surface area contributed by atoms with Crippen molar-refractivity contribution in [1.29, 1.82) is 0 Å². The van der Waals surface area contributed by atoms with Crippen molar-refractivity contribution in [1.82, 2.24) is 5.32 Å². The van der Waals surface area contributed by atoms with Crippen LogP contribution in [-0.2, 0) is 0 Å². The molecule has 0 aromatic heterocycles. The largest absolute Gasteiger partial charge is 0.376 e. The molecule has 2 nitrogen and oxygen atoms in total. The number of nitrogens with one attached hydrogen (secondary N) is 1. The third kappa shape index (κ3) is 13.5. The molecule has 0 aliphatic carbocycles. The Balaban J connectivity index is 3.01. The van der Waals surface area contributed by atoms with Crippen LogP contribution in [0.2, 0.25) is 0 Å². The van der Waals surface area contributed by atoms with Gasteiger partial charge in [0, 0.05) is 0 Å². The first-order valence-electron chi connectivity index (χ1n) is 6.94. The average Bonchev–Trinajstić information content (AvgIpc) is 2.25. The van der Waals surface area contributed by atoms with E-state index in [4.69, 9.17) is 5.73 Å². The highest BCUT2D eigenvalue weighted by Crippen LogP contribution is 2.09. The first-order valence-corrected chi connectivity index (χ1v) is 6.94. The van der Waals surface area contributed by atoms with Crippen molar-refractivity contribution in [3.63, 3.8) is 0 Å². The molecular weight excluding hydrogens is 196 g/mol. The van der Waals surface area contributed by atoms with E-state index < -0.39 is 0 Å². The van der Waals surface area contributed by atoms with Crippen molar-refractivity contribution < 1.29 is 0 Å². The molecule has 0 aromatic rings. The Hall–Kier alpha value is -0.500. The van der Waals surface area contributed by atoms with Crippen molar-refractivity contribution in [2.75, 3.05) is 0 Å². The average molecular weight is 226 g/mol. The van der Waals surface area contributed by atoms with E-state index in [0.717, 1.165) is 0 Å². The van der Waals surface area contributed by atoms with Gasteiger partial charge >= 0.3 is 0 Å². The molecule has 1 atom stereocenters. The number of allylic oxidation sites excluding steroid dienone is 1. The quantitative estimate of drug-likeness (QED) is 0.414. The Bertz CT molecular complexity index is 153. The molecule has 0 aliphatic rings. The standard InChI is InChI=1S/C14H30N2/c1-3-4-5-6-7-8-9-10-11-12-13-16-14(2)15/h12-14,16H,3-11,15H2,1-2H3. The minimum atomic E-state index is 0.0646. The van der Waals surface area contributed by atoms with Crippen LogP contribution in [0.4, 0.5) is 0 Å². The van der Waals surface area contributed by atoms with E-state index in [-0.39, 0.29) is 6.17 Å². The van der Waals surface area contributed by atoms with Crippen LogP contribution >= 0.6 is 0 Å². The van der Waals surface area contributed by atoms with E-state index in [1.807, 2.05) is 13.1 Å². The zero-order valence-electron chi connectivity index (χ0n) is 11.2. The SMILES string of the molecule is CCCCCCCCCCC=CNC(C)N. The molecule has 0 radical (unpaired) electrons. The summed E-state index contributed by atoms with van der Waals surface area (Å²) in [5.41, 5.74) is 5.55. The third-order valence-corrected chi connectivity index (χ3v) is 2.70. The molecule has 0 spiro atoms. The molecule has 0 saturated carbocycles. The molecule has 0 amide bonds. The van der Waals surface area contributed by atoms with E-state index in [2.05, 4.69) is 18.3 Å². The second-order valence-corrected chi connectivity index (χ2v) is 4.62. The monoisotopic (exact) mass is 226 g/mol. The summed E-state index contributed by atoms with van der Waals surface area (Å²) < 4.78 is 0. The van der Waals surface area contributed by atoms with Crippen LogP contribution < -0.4 is 11.1 Å². The third-order valence-electron chi connectivity index (χ3n) is 2.70. The van der Waals surface area contributed by atoms with Gasteiger partial charge in [-0.15, -0.1) is 0 Å². The van der Waals surface area contributed by atoms with Gasteiger partial charge in [-0.05, 0) is 26.0 Å². The van der Waals surface area contributed by atoms with Crippen LogP contribution in [0.5, 0.6) is 0 Å². The molecule has 0 fully saturated rings. The Morgan fingerprint density at radius 3 is 2.12 bits per heavy atom. The number of nitrogens with two attached hydrogens (primary N) is 1. The molecule has 0 bridgehead atoms. The molecule has 0 aliphatic heterocycles. The van der Waals surface area contributed by atoms with Gasteiger partial charge in [0.15, 0.2) is 0 Å². The van der Waals surface area contributed by atoms with Gasteiger partial charge in [-0.1, -0.05) is 57.9 Å². The maximum absolute atomic E-state index is 5.55. The molecule has 2 heteroatoms. The second-order valence-electron chi connectivity index (χ2n) is 4.62. The van der Waals surface area contributed by atoms with E-state index >= 15 is 0 Å². The van der Waals surface area contributed by atoms with E-state index in [1.165, 1.54) is 57.8 Å². The topological polar surface area (TPSA) is 38.0 Å². The van der Waals surface area contributed by atoms with Crippen LogP contribution in [0.3, 0.4) is 0 Å². The fraction of sp³-hybridized carbons (Fsp3) is 0.857. The molecule has 96 valence electrons. The lowest BCUT2D eigenvalue weighted by molar-refractivity contribution is 0.577. The summed E-state index contributed by atoms with van der Waals surface area (Å²) >= 11 is 0. The fourth-order valence-corrected chi connectivity index (χ4v) is 1.70. The summed E-state index contributed by atoms with van der Waals surface area (Å²) in [6, 6.07) is 0. The Morgan fingerprint density at radius 2 is 1.56 bits per heavy atom. The van der Waals surface area contributed by atoms with Crippen LogP contribution in [0.15, 0.2) is 12.3 Å². The van der Waals surface area contributed by atoms with Crippen molar-refractivity contribution in [2.24, 2.45) is 5.73 Å². The first-order chi connectivity index (χ1) is 7.77. The summed E-state index contributed by atoms with van der Waals surface area (Å²) in [6.07, 6.45) is 16.5. The normalized spacial score (nSPS) is 13.2. The van der Waals surface area contributed by atoms with Gasteiger partial charge in [-0.3, -0.25) is 0 Å². The van der Waals surface area contributed by atoms with Gasteiger partial charge < -0.3 is 11.1 Å². The molecular formula is C14H30N2. The summed E-state index contributed by atoms with van der Waals surface area (Å²) in [4.78, 5) is 0. The summed E-state index contributed by atoms with van der Waals surface area (Å²) in [7, 11) is 0. The maximum Gasteiger partial charge on any atom is 0.0709 e. The number of hydrogen-bond acceptors (Lipinski definition) is 2. The van der Waals surface area contributed by atoms with Gasteiger partial charge in [-0.2, -0.15) is 0 Å². The van der Waals surface area contributed by atoms with E-state index in [9.17, 15) is 0 Å². The molecule has 0 saturated heterocycles. The van der Waals surface area contributed by atoms with Gasteiger partial charge in [0.25, 0.3) is 0 Å². The fourth-order valence-electron chi connectivity index (χ4n) is 1.70. The van der Waals surface area contributed by atoms with Crippen LogP contribution in [0.25, 0.3) is 0 Å². The number of rotatable bonds is 11. The lowest BCUT2D eigenvalue weighted by atomic mass is 10.1.